The predicted octanol–water partition coefficient (Wildman–Crippen LogP) is 4.16. The molecule has 2 aromatic rings. The maximum Gasteiger partial charge on any atom is 0.322 e. The van der Waals surface area contributed by atoms with Crippen molar-refractivity contribution in [2.24, 2.45) is 0 Å². The van der Waals surface area contributed by atoms with Gasteiger partial charge in [0.1, 0.15) is 11.6 Å². The first-order chi connectivity index (χ1) is 15.4. The Kier molecular flexibility index (Phi) is 7.69. The van der Waals surface area contributed by atoms with Crippen molar-refractivity contribution >= 4 is 17.6 Å². The highest BCUT2D eigenvalue weighted by Crippen LogP contribution is 2.35. The summed E-state index contributed by atoms with van der Waals surface area (Å²) in [6.45, 7) is 8.62. The van der Waals surface area contributed by atoms with Crippen LogP contribution in [0.4, 0.5) is 14.9 Å². The third-order valence-corrected chi connectivity index (χ3v) is 5.62. The largest absolute Gasteiger partial charge is 0.496 e. The number of methoxy groups -OCH3 is 1. The number of aryl methyl sites for hydroxylation is 1. The van der Waals surface area contributed by atoms with E-state index in [2.05, 4.69) is 5.32 Å². The lowest BCUT2D eigenvalue weighted by atomic mass is 9.96. The Morgan fingerprint density at radius 2 is 1.84 bits per heavy atom. The Labute approximate surface area is 188 Å². The van der Waals surface area contributed by atoms with Gasteiger partial charge < -0.3 is 24.6 Å². The van der Waals surface area contributed by atoms with E-state index in [4.69, 9.17) is 9.47 Å². The summed E-state index contributed by atoms with van der Waals surface area (Å²) in [5.74, 6) is -0.107. The van der Waals surface area contributed by atoms with Crippen LogP contribution in [0.15, 0.2) is 30.3 Å². The van der Waals surface area contributed by atoms with Crippen molar-refractivity contribution in [3.63, 3.8) is 0 Å². The first-order valence-corrected chi connectivity index (χ1v) is 10.8. The molecular formula is C24H30FN3O4. The second kappa shape index (κ2) is 10.5. The Bertz CT molecular complexity index is 985. The minimum Gasteiger partial charge on any atom is -0.496 e. The van der Waals surface area contributed by atoms with Gasteiger partial charge in [0.05, 0.1) is 31.6 Å². The first-order valence-electron chi connectivity index (χ1n) is 10.8. The van der Waals surface area contributed by atoms with E-state index in [-0.39, 0.29) is 11.9 Å². The summed E-state index contributed by atoms with van der Waals surface area (Å²) in [7, 11) is 1.52. The zero-order valence-electron chi connectivity index (χ0n) is 19.0. The molecule has 0 saturated carbocycles. The van der Waals surface area contributed by atoms with Gasteiger partial charge in [-0.3, -0.25) is 4.79 Å². The highest BCUT2D eigenvalue weighted by atomic mass is 19.1. The molecule has 32 heavy (non-hydrogen) atoms. The topological polar surface area (TPSA) is 71.1 Å². The molecule has 2 aromatic carbocycles. The molecule has 0 radical (unpaired) electrons. The number of halogens is 1. The number of anilines is 1. The molecule has 0 unspecified atom stereocenters. The summed E-state index contributed by atoms with van der Waals surface area (Å²) in [6, 6.07) is 7.51. The van der Waals surface area contributed by atoms with Gasteiger partial charge in [-0.15, -0.1) is 0 Å². The van der Waals surface area contributed by atoms with E-state index >= 15 is 0 Å². The molecule has 1 N–H and O–H groups in total. The second-order valence-corrected chi connectivity index (χ2v) is 7.57. The van der Waals surface area contributed by atoms with Crippen molar-refractivity contribution in [3.05, 3.63) is 47.3 Å². The number of nitrogens with zero attached hydrogens (tertiary/aromatic N) is 2. The summed E-state index contributed by atoms with van der Waals surface area (Å²) >= 11 is 0. The van der Waals surface area contributed by atoms with E-state index < -0.39 is 5.82 Å². The number of amides is 3. The number of carbonyl (C=O) groups is 2. The van der Waals surface area contributed by atoms with E-state index in [1.807, 2.05) is 26.8 Å². The molecule has 0 aromatic heterocycles. The van der Waals surface area contributed by atoms with Crippen molar-refractivity contribution < 1.29 is 23.5 Å². The van der Waals surface area contributed by atoms with Crippen LogP contribution in [0.1, 0.15) is 29.8 Å². The molecule has 1 aliphatic heterocycles. The molecule has 1 saturated heterocycles. The Balaban J connectivity index is 2.09. The lowest BCUT2D eigenvalue weighted by molar-refractivity contribution is 0.0564. The number of rotatable bonds is 6. The van der Waals surface area contributed by atoms with Gasteiger partial charge in [-0.1, -0.05) is 0 Å². The lowest BCUT2D eigenvalue weighted by Gasteiger charge is -2.28. The number of hydrogen-bond acceptors (Lipinski definition) is 4. The van der Waals surface area contributed by atoms with Crippen LogP contribution in [0, 0.1) is 12.7 Å². The number of nitrogens with one attached hydrogen (secondary N) is 1. The zero-order valence-corrected chi connectivity index (χ0v) is 19.0. The molecule has 8 heteroatoms. The lowest BCUT2D eigenvalue weighted by Crippen LogP contribution is -2.43. The third kappa shape index (κ3) is 5.02. The first kappa shape index (κ1) is 23.5. The fourth-order valence-electron chi connectivity index (χ4n) is 3.82. The van der Waals surface area contributed by atoms with Gasteiger partial charge in [0, 0.05) is 31.7 Å². The number of morpholine rings is 1. The van der Waals surface area contributed by atoms with Crippen molar-refractivity contribution in [1.82, 2.24) is 9.80 Å². The van der Waals surface area contributed by atoms with E-state index in [1.54, 1.807) is 21.9 Å². The van der Waals surface area contributed by atoms with E-state index in [9.17, 15) is 14.0 Å². The minimum absolute atomic E-state index is 0.201. The molecule has 1 aliphatic rings. The molecule has 1 fully saturated rings. The average molecular weight is 444 g/mol. The summed E-state index contributed by atoms with van der Waals surface area (Å²) in [6.07, 6.45) is 0. The average Bonchev–Trinajstić information content (AvgIpc) is 2.81. The molecule has 0 spiro atoms. The monoisotopic (exact) mass is 443 g/mol. The van der Waals surface area contributed by atoms with Gasteiger partial charge in [0.2, 0.25) is 0 Å². The summed E-state index contributed by atoms with van der Waals surface area (Å²) in [5.41, 5.74) is 2.69. The van der Waals surface area contributed by atoms with Crippen LogP contribution < -0.4 is 10.1 Å². The minimum atomic E-state index is -0.403. The Hall–Kier alpha value is -3.13. The van der Waals surface area contributed by atoms with Gasteiger partial charge in [0.25, 0.3) is 5.91 Å². The standard InChI is InChI=1S/C24H30FN3O4/c1-5-27(6-2)23(29)20-14-17(19-15-18(25)7-8-21(19)31-4)13-16(3)22(20)26-24(30)28-9-11-32-12-10-28/h7-8,13-15H,5-6,9-12H2,1-4H3,(H,26,30). The van der Waals surface area contributed by atoms with Gasteiger partial charge in [-0.25, -0.2) is 9.18 Å². The quantitative estimate of drug-likeness (QED) is 0.728. The zero-order chi connectivity index (χ0) is 23.3. The highest BCUT2D eigenvalue weighted by Gasteiger charge is 2.24. The summed E-state index contributed by atoms with van der Waals surface area (Å²) in [4.78, 5) is 29.6. The number of urea groups is 1. The van der Waals surface area contributed by atoms with Gasteiger partial charge >= 0.3 is 6.03 Å². The van der Waals surface area contributed by atoms with Crippen molar-refractivity contribution in [1.29, 1.82) is 0 Å². The van der Waals surface area contributed by atoms with Gasteiger partial charge in [-0.05, 0) is 62.2 Å². The van der Waals surface area contributed by atoms with Crippen molar-refractivity contribution in [3.8, 4) is 16.9 Å². The van der Waals surface area contributed by atoms with E-state index in [0.29, 0.717) is 73.1 Å². The smallest absolute Gasteiger partial charge is 0.322 e. The van der Waals surface area contributed by atoms with E-state index in [0.717, 1.165) is 0 Å². The number of benzene rings is 2. The molecule has 7 nitrogen and oxygen atoms in total. The van der Waals surface area contributed by atoms with Crippen molar-refractivity contribution in [2.75, 3.05) is 51.8 Å². The number of hydrogen-bond donors (Lipinski definition) is 1. The molecule has 1 heterocycles. The van der Waals surface area contributed by atoms with Crippen LogP contribution in [0.2, 0.25) is 0 Å². The summed E-state index contributed by atoms with van der Waals surface area (Å²) < 4.78 is 24.7. The number of carbonyl (C=O) groups excluding carboxylic acids is 2. The second-order valence-electron chi connectivity index (χ2n) is 7.57. The van der Waals surface area contributed by atoms with Crippen LogP contribution >= 0.6 is 0 Å². The Morgan fingerprint density at radius 1 is 1.16 bits per heavy atom. The van der Waals surface area contributed by atoms with Crippen LogP contribution in [-0.4, -0.2) is 68.2 Å². The van der Waals surface area contributed by atoms with Gasteiger partial charge in [-0.2, -0.15) is 0 Å². The maximum absolute atomic E-state index is 14.0. The predicted molar refractivity (Wildman–Crippen MR) is 122 cm³/mol. The molecular weight excluding hydrogens is 413 g/mol. The fraction of sp³-hybridized carbons (Fsp3) is 0.417. The normalized spacial score (nSPS) is 13.6. The molecule has 172 valence electrons. The Morgan fingerprint density at radius 3 is 2.47 bits per heavy atom. The third-order valence-electron chi connectivity index (χ3n) is 5.62. The van der Waals surface area contributed by atoms with Crippen LogP contribution in [-0.2, 0) is 4.74 Å². The number of ether oxygens (including phenoxy) is 2. The molecule has 3 amide bonds. The van der Waals surface area contributed by atoms with Crippen LogP contribution in [0.3, 0.4) is 0 Å². The summed E-state index contributed by atoms with van der Waals surface area (Å²) in [5, 5.41) is 2.93. The highest BCUT2D eigenvalue weighted by molar-refractivity contribution is 6.05. The molecule has 3 rings (SSSR count). The maximum atomic E-state index is 14.0. The van der Waals surface area contributed by atoms with E-state index in [1.165, 1.54) is 19.2 Å². The van der Waals surface area contributed by atoms with Crippen molar-refractivity contribution in [2.45, 2.75) is 20.8 Å². The molecule has 0 atom stereocenters. The van der Waals surface area contributed by atoms with Gasteiger partial charge in [0.15, 0.2) is 0 Å². The van der Waals surface area contributed by atoms with Crippen LogP contribution in [0.25, 0.3) is 11.1 Å². The molecule has 0 aliphatic carbocycles. The molecule has 0 bridgehead atoms. The van der Waals surface area contributed by atoms with Crippen LogP contribution in [0.5, 0.6) is 5.75 Å². The fourth-order valence-corrected chi connectivity index (χ4v) is 3.82. The SMILES string of the molecule is CCN(CC)C(=O)c1cc(-c2cc(F)ccc2OC)cc(C)c1NC(=O)N1CCOCC1.